The van der Waals surface area contributed by atoms with Gasteiger partial charge in [-0.05, 0) is 47.7 Å². The summed E-state index contributed by atoms with van der Waals surface area (Å²) in [5, 5.41) is 11.4. The van der Waals surface area contributed by atoms with Crippen LogP contribution in [-0.4, -0.2) is 24.0 Å². The Morgan fingerprint density at radius 3 is 2.57 bits per heavy atom. The number of phenolic OH excluding ortho intramolecular Hbond substituents is 1. The number of halogens is 2. The third-order valence-electron chi connectivity index (χ3n) is 4.24. The van der Waals surface area contributed by atoms with Crippen LogP contribution < -0.4 is 0 Å². The van der Waals surface area contributed by atoms with Crippen molar-refractivity contribution in [3.05, 3.63) is 75.7 Å². The van der Waals surface area contributed by atoms with Gasteiger partial charge >= 0.3 is 5.97 Å². The number of carbonyl (C=O) groups excluding carboxylic acids is 2. The molecule has 3 rings (SSSR count). The van der Waals surface area contributed by atoms with Gasteiger partial charge in [-0.1, -0.05) is 12.1 Å². The number of ether oxygens (including phenoxy) is 1. The van der Waals surface area contributed by atoms with Crippen LogP contribution in [0.1, 0.15) is 31.8 Å². The molecule has 0 aliphatic carbocycles. The zero-order valence-electron chi connectivity index (χ0n) is 15.1. The van der Waals surface area contributed by atoms with Crippen molar-refractivity contribution >= 4 is 23.1 Å². The van der Waals surface area contributed by atoms with Gasteiger partial charge < -0.3 is 9.84 Å². The highest BCUT2D eigenvalue weighted by atomic mass is 32.1. The number of hydrogen-bond acceptors (Lipinski definition) is 5. The van der Waals surface area contributed by atoms with Crippen LogP contribution in [0.25, 0.3) is 10.4 Å². The van der Waals surface area contributed by atoms with E-state index in [0.717, 1.165) is 35.1 Å². The Labute approximate surface area is 164 Å². The summed E-state index contributed by atoms with van der Waals surface area (Å²) < 4.78 is 32.7. The van der Waals surface area contributed by atoms with E-state index in [2.05, 4.69) is 0 Å². The number of hydrogen-bond donors (Lipinski definition) is 1. The number of esters is 1. The number of aromatic hydroxyl groups is 1. The number of phenols is 1. The van der Waals surface area contributed by atoms with E-state index in [0.29, 0.717) is 10.4 Å². The third-order valence-corrected chi connectivity index (χ3v) is 5.30. The molecule has 0 fully saturated rings. The summed E-state index contributed by atoms with van der Waals surface area (Å²) in [6.07, 6.45) is -0.272. The minimum atomic E-state index is -0.706. The number of methoxy groups -OCH3 is 1. The average Bonchev–Trinajstić information content (AvgIpc) is 3.06. The van der Waals surface area contributed by atoms with E-state index in [1.54, 1.807) is 24.4 Å². The summed E-state index contributed by atoms with van der Waals surface area (Å²) in [6.45, 7) is 1.75. The molecular weight excluding hydrogens is 386 g/mol. The first kappa shape index (κ1) is 19.7. The van der Waals surface area contributed by atoms with Crippen molar-refractivity contribution in [2.24, 2.45) is 0 Å². The fourth-order valence-electron chi connectivity index (χ4n) is 2.85. The monoisotopic (exact) mass is 402 g/mol. The quantitative estimate of drug-likeness (QED) is 0.486. The highest BCUT2D eigenvalue weighted by molar-refractivity contribution is 7.14. The van der Waals surface area contributed by atoms with E-state index in [1.165, 1.54) is 13.2 Å². The van der Waals surface area contributed by atoms with Gasteiger partial charge in [0.05, 0.1) is 23.1 Å². The Hall–Kier alpha value is -3.06. The summed E-state index contributed by atoms with van der Waals surface area (Å²) in [5.74, 6) is -2.79. The highest BCUT2D eigenvalue weighted by Gasteiger charge is 2.25. The fourth-order valence-corrected chi connectivity index (χ4v) is 3.94. The number of rotatable bonds is 5. The molecule has 0 spiro atoms. The van der Waals surface area contributed by atoms with Crippen LogP contribution in [0.3, 0.4) is 0 Å². The van der Waals surface area contributed by atoms with E-state index in [9.17, 15) is 23.5 Å². The third kappa shape index (κ3) is 3.80. The first-order chi connectivity index (χ1) is 13.3. The molecule has 0 bridgehead atoms. The van der Waals surface area contributed by atoms with Crippen molar-refractivity contribution in [2.75, 3.05) is 7.11 Å². The van der Waals surface area contributed by atoms with Crippen LogP contribution >= 0.6 is 11.3 Å². The van der Waals surface area contributed by atoms with Crippen LogP contribution in [0, 0.1) is 18.6 Å². The van der Waals surface area contributed by atoms with Gasteiger partial charge in [0, 0.05) is 12.0 Å². The maximum absolute atomic E-state index is 14.4. The van der Waals surface area contributed by atoms with Crippen LogP contribution in [0.15, 0.2) is 41.8 Å². The lowest BCUT2D eigenvalue weighted by atomic mass is 9.98. The second kappa shape index (κ2) is 7.90. The molecule has 4 nitrogen and oxygen atoms in total. The van der Waals surface area contributed by atoms with Gasteiger partial charge in [-0.2, -0.15) is 0 Å². The molecular formula is C21H16F2O4S. The van der Waals surface area contributed by atoms with Crippen molar-refractivity contribution < 1.29 is 28.2 Å². The van der Waals surface area contributed by atoms with E-state index in [1.807, 2.05) is 0 Å². The second-order valence-electron chi connectivity index (χ2n) is 6.20. The number of carbonyl (C=O) groups is 2. The van der Waals surface area contributed by atoms with Crippen molar-refractivity contribution in [3.63, 3.8) is 0 Å². The van der Waals surface area contributed by atoms with Gasteiger partial charge in [-0.25, -0.2) is 13.6 Å². The minimum Gasteiger partial charge on any atom is -0.507 e. The van der Waals surface area contributed by atoms with Crippen molar-refractivity contribution in [1.29, 1.82) is 0 Å². The van der Waals surface area contributed by atoms with Gasteiger partial charge in [0.2, 0.25) is 0 Å². The zero-order chi connectivity index (χ0) is 20.4. The van der Waals surface area contributed by atoms with Gasteiger partial charge in [0.15, 0.2) is 5.78 Å². The van der Waals surface area contributed by atoms with Gasteiger partial charge in [0.1, 0.15) is 17.4 Å². The van der Waals surface area contributed by atoms with Crippen molar-refractivity contribution in [2.45, 2.75) is 13.3 Å². The fraction of sp³-hybridized carbons (Fsp3) is 0.143. The molecule has 0 saturated carbocycles. The number of aryl methyl sites for hydroxylation is 1. The highest BCUT2D eigenvalue weighted by Crippen LogP contribution is 2.36. The van der Waals surface area contributed by atoms with Gasteiger partial charge in [-0.3, -0.25) is 4.79 Å². The molecule has 0 unspecified atom stereocenters. The lowest BCUT2D eigenvalue weighted by Gasteiger charge is -2.08. The maximum atomic E-state index is 14.4. The topological polar surface area (TPSA) is 63.6 Å². The molecule has 0 aliphatic heterocycles. The average molecular weight is 402 g/mol. The molecule has 1 heterocycles. The molecule has 0 saturated heterocycles. The lowest BCUT2D eigenvalue weighted by Crippen LogP contribution is -2.10. The first-order valence-corrected chi connectivity index (χ1v) is 9.16. The summed E-state index contributed by atoms with van der Waals surface area (Å²) in [6, 6.07) is 7.69. The molecule has 0 aliphatic rings. The standard InChI is InChI=1S/C21H16F2O4S/c1-11-3-5-14(16(23)7-11)20-19(21(26)27-2)12(10-28-20)8-18(25)15-9-13(22)4-6-17(15)24/h3-7,9-10,24H,8H2,1-2H3. The van der Waals surface area contributed by atoms with Crippen LogP contribution in [0.5, 0.6) is 5.75 Å². The van der Waals surface area contributed by atoms with Crippen molar-refractivity contribution in [1.82, 2.24) is 0 Å². The molecule has 1 aromatic heterocycles. The minimum absolute atomic E-state index is 0.0829. The molecule has 2 aromatic carbocycles. The molecule has 28 heavy (non-hydrogen) atoms. The molecule has 0 amide bonds. The maximum Gasteiger partial charge on any atom is 0.339 e. The summed E-state index contributed by atoms with van der Waals surface area (Å²) >= 11 is 1.11. The van der Waals surface area contributed by atoms with Crippen molar-refractivity contribution in [3.8, 4) is 16.2 Å². The SMILES string of the molecule is COC(=O)c1c(CC(=O)c2cc(F)ccc2O)csc1-c1ccc(C)cc1F. The van der Waals surface area contributed by atoms with Crippen LogP contribution in [0.2, 0.25) is 0 Å². The van der Waals surface area contributed by atoms with E-state index in [4.69, 9.17) is 4.74 Å². The Morgan fingerprint density at radius 1 is 1.14 bits per heavy atom. The smallest absolute Gasteiger partial charge is 0.339 e. The Morgan fingerprint density at radius 2 is 1.89 bits per heavy atom. The predicted octanol–water partition coefficient (Wildman–Crippen LogP) is 4.92. The predicted molar refractivity (Wildman–Crippen MR) is 102 cm³/mol. The number of benzene rings is 2. The Kier molecular flexibility index (Phi) is 5.56. The molecule has 0 radical (unpaired) electrons. The second-order valence-corrected chi connectivity index (χ2v) is 7.08. The van der Waals surface area contributed by atoms with Gasteiger partial charge in [0.25, 0.3) is 0 Å². The number of Topliss-reactive ketones (excluding diaryl/α,β-unsaturated/α-hetero) is 1. The Balaban J connectivity index is 2.05. The number of thiophene rings is 1. The summed E-state index contributed by atoms with van der Waals surface area (Å²) in [7, 11) is 1.19. The van der Waals surface area contributed by atoms with Gasteiger partial charge in [-0.15, -0.1) is 11.3 Å². The molecule has 7 heteroatoms. The first-order valence-electron chi connectivity index (χ1n) is 8.28. The van der Waals surface area contributed by atoms with E-state index >= 15 is 0 Å². The Bertz CT molecular complexity index is 1070. The van der Waals surface area contributed by atoms with Crippen LogP contribution in [0.4, 0.5) is 8.78 Å². The largest absolute Gasteiger partial charge is 0.507 e. The molecule has 1 N–H and O–H groups in total. The normalized spacial score (nSPS) is 10.7. The summed E-state index contributed by atoms with van der Waals surface area (Å²) in [5.41, 5.74) is 1.17. The van der Waals surface area contributed by atoms with Crippen LogP contribution in [-0.2, 0) is 11.2 Å². The van der Waals surface area contributed by atoms with E-state index < -0.39 is 23.4 Å². The summed E-state index contributed by atoms with van der Waals surface area (Å²) in [4.78, 5) is 25.3. The molecule has 144 valence electrons. The zero-order valence-corrected chi connectivity index (χ0v) is 15.9. The molecule has 3 aromatic rings. The van der Waals surface area contributed by atoms with E-state index in [-0.39, 0.29) is 28.9 Å². The lowest BCUT2D eigenvalue weighted by molar-refractivity contribution is 0.0601. The molecule has 0 atom stereocenters. The number of ketones is 1.